The standard InChI is InChI=1S/C33H48F4O2S/c1-31-18-16-27-26-13-12-25(38)22-24(26)21-23(30(27)28(31)14-15-29(31)39)11-8-6-4-3-5-7-9-19-40-20-10-17-33(36,37)32(2,34)35/h12-13,22-23,27-28,30,38H,3-11,14-21H2,1-2H3. The van der Waals surface area contributed by atoms with Crippen molar-refractivity contribution in [2.75, 3.05) is 11.5 Å². The Hall–Kier alpha value is -1.24. The zero-order chi connectivity index (χ0) is 29.0. The smallest absolute Gasteiger partial charge is 0.309 e. The van der Waals surface area contributed by atoms with Crippen LogP contribution in [-0.4, -0.2) is 34.2 Å². The number of carbonyl (C=O) groups is 1. The summed E-state index contributed by atoms with van der Waals surface area (Å²) in [6, 6.07) is 5.95. The molecule has 1 aromatic rings. The molecule has 2 saturated carbocycles. The van der Waals surface area contributed by atoms with Crippen molar-refractivity contribution >= 4 is 17.5 Å². The number of aromatic hydroxyl groups is 1. The molecule has 2 nitrogen and oxygen atoms in total. The van der Waals surface area contributed by atoms with Gasteiger partial charge < -0.3 is 5.11 Å². The number of carbonyl (C=O) groups excluding carboxylic acids is 1. The van der Waals surface area contributed by atoms with Crippen LogP contribution in [0.3, 0.4) is 0 Å². The van der Waals surface area contributed by atoms with Crippen molar-refractivity contribution < 1.29 is 27.5 Å². The van der Waals surface area contributed by atoms with Crippen LogP contribution in [0.5, 0.6) is 5.75 Å². The fourth-order valence-corrected chi connectivity index (χ4v) is 9.00. The second-order valence-electron chi connectivity index (χ2n) is 13.1. The number of benzene rings is 1. The fourth-order valence-electron chi connectivity index (χ4n) is 8.04. The van der Waals surface area contributed by atoms with Gasteiger partial charge in [0, 0.05) is 25.2 Å². The average molecular weight is 585 g/mol. The van der Waals surface area contributed by atoms with E-state index in [2.05, 4.69) is 13.0 Å². The summed E-state index contributed by atoms with van der Waals surface area (Å²) in [5.74, 6) is -3.45. The minimum absolute atomic E-state index is 0.118. The second kappa shape index (κ2) is 13.4. The zero-order valence-electron chi connectivity index (χ0n) is 24.3. The molecule has 226 valence electrons. The Morgan fingerprint density at radius 1 is 0.975 bits per heavy atom. The van der Waals surface area contributed by atoms with Gasteiger partial charge in [0.25, 0.3) is 0 Å². The van der Waals surface area contributed by atoms with Crippen molar-refractivity contribution in [2.24, 2.45) is 23.2 Å². The van der Waals surface area contributed by atoms with Crippen molar-refractivity contribution in [1.29, 1.82) is 0 Å². The third-order valence-corrected chi connectivity index (χ3v) is 11.5. The lowest BCUT2D eigenvalue weighted by molar-refractivity contribution is -0.200. The highest BCUT2D eigenvalue weighted by atomic mass is 32.2. The molecule has 7 heteroatoms. The summed E-state index contributed by atoms with van der Waals surface area (Å²) in [7, 11) is 0. The van der Waals surface area contributed by atoms with Crippen LogP contribution in [-0.2, 0) is 11.2 Å². The average Bonchev–Trinajstić information content (AvgIpc) is 3.19. The minimum atomic E-state index is -3.94. The number of alkyl halides is 4. The van der Waals surface area contributed by atoms with E-state index in [0.717, 1.165) is 50.7 Å². The van der Waals surface area contributed by atoms with E-state index in [1.54, 1.807) is 11.8 Å². The number of ketones is 1. The highest BCUT2D eigenvalue weighted by Crippen LogP contribution is 2.61. The molecule has 4 rings (SSSR count). The van der Waals surface area contributed by atoms with Gasteiger partial charge in [0.05, 0.1) is 0 Å². The van der Waals surface area contributed by atoms with Gasteiger partial charge in [-0.25, -0.2) is 8.78 Å². The van der Waals surface area contributed by atoms with Gasteiger partial charge in [-0.15, -0.1) is 0 Å². The number of Topliss-reactive ketones (excluding diaryl/α,β-unsaturated/α-hetero) is 1. The Balaban J connectivity index is 1.14. The molecule has 0 heterocycles. The van der Waals surface area contributed by atoms with E-state index >= 15 is 0 Å². The molecule has 1 aromatic carbocycles. The van der Waals surface area contributed by atoms with Crippen molar-refractivity contribution in [3.63, 3.8) is 0 Å². The first kappa shape index (κ1) is 31.7. The Kier molecular flexibility index (Phi) is 10.6. The molecule has 0 aliphatic heterocycles. The Bertz CT molecular complexity index is 993. The predicted octanol–water partition coefficient (Wildman–Crippen LogP) is 9.97. The molecule has 0 aromatic heterocycles. The summed E-state index contributed by atoms with van der Waals surface area (Å²) in [6.45, 7) is 2.53. The summed E-state index contributed by atoms with van der Waals surface area (Å²) in [6.07, 6.45) is 13.6. The van der Waals surface area contributed by atoms with Crippen molar-refractivity contribution in [1.82, 2.24) is 0 Å². The van der Waals surface area contributed by atoms with E-state index < -0.39 is 18.3 Å². The summed E-state index contributed by atoms with van der Waals surface area (Å²) >= 11 is 1.59. The molecular weight excluding hydrogens is 536 g/mol. The number of unbranched alkanes of at least 4 members (excludes halogenated alkanes) is 6. The lowest BCUT2D eigenvalue weighted by Crippen LogP contribution is -2.46. The van der Waals surface area contributed by atoms with Crippen molar-refractivity contribution in [3.05, 3.63) is 29.3 Å². The number of halogens is 4. The van der Waals surface area contributed by atoms with Gasteiger partial charge in [0.1, 0.15) is 11.5 Å². The molecule has 3 aliphatic rings. The molecule has 0 saturated heterocycles. The van der Waals surface area contributed by atoms with Gasteiger partial charge in [-0.2, -0.15) is 20.5 Å². The lowest BCUT2D eigenvalue weighted by Gasteiger charge is -2.51. The molecule has 0 radical (unpaired) electrons. The van der Waals surface area contributed by atoms with Crippen LogP contribution in [0.15, 0.2) is 18.2 Å². The van der Waals surface area contributed by atoms with E-state index in [9.17, 15) is 27.5 Å². The first-order valence-corrected chi connectivity index (χ1v) is 16.8. The molecule has 0 bridgehead atoms. The van der Waals surface area contributed by atoms with Crippen LogP contribution in [0.2, 0.25) is 0 Å². The maximum absolute atomic E-state index is 13.3. The normalized spacial score (nSPS) is 28.3. The number of phenolic OH excluding ortho intramolecular Hbond substituents is 1. The van der Waals surface area contributed by atoms with Gasteiger partial charge in [-0.1, -0.05) is 51.5 Å². The first-order valence-electron chi connectivity index (χ1n) is 15.6. The summed E-state index contributed by atoms with van der Waals surface area (Å²) < 4.78 is 52.3. The largest absolute Gasteiger partial charge is 0.508 e. The molecule has 1 N–H and O–H groups in total. The van der Waals surface area contributed by atoms with E-state index in [4.69, 9.17) is 0 Å². The highest BCUT2D eigenvalue weighted by molar-refractivity contribution is 7.99. The summed E-state index contributed by atoms with van der Waals surface area (Å²) in [5.41, 5.74) is 2.59. The Morgan fingerprint density at radius 2 is 1.65 bits per heavy atom. The van der Waals surface area contributed by atoms with Crippen molar-refractivity contribution in [3.8, 4) is 5.75 Å². The second-order valence-corrected chi connectivity index (χ2v) is 14.4. The molecule has 40 heavy (non-hydrogen) atoms. The minimum Gasteiger partial charge on any atom is -0.508 e. The maximum atomic E-state index is 13.3. The summed E-state index contributed by atoms with van der Waals surface area (Å²) in [5, 5.41) is 10.1. The lowest BCUT2D eigenvalue weighted by atomic mass is 9.52. The van der Waals surface area contributed by atoms with Crippen molar-refractivity contribution in [2.45, 2.75) is 128 Å². The van der Waals surface area contributed by atoms with Crippen LogP contribution in [0, 0.1) is 23.2 Å². The number of phenols is 1. The number of rotatable bonds is 15. The van der Waals surface area contributed by atoms with Gasteiger partial charge >= 0.3 is 11.8 Å². The monoisotopic (exact) mass is 584 g/mol. The number of hydrogen-bond acceptors (Lipinski definition) is 3. The van der Waals surface area contributed by atoms with E-state index in [1.807, 2.05) is 12.1 Å². The quantitative estimate of drug-likeness (QED) is 0.165. The fraction of sp³-hybridized carbons (Fsp3) is 0.788. The third-order valence-electron chi connectivity index (χ3n) is 10.4. The number of thioether (sulfide) groups is 1. The van der Waals surface area contributed by atoms with Crippen LogP contribution in [0.4, 0.5) is 17.6 Å². The SMILES string of the molecule is CC12CCC3c4ccc(O)cc4CC(CCCCCCCCCSCCCC(F)(F)C(C)(F)F)C3C1CCC2=O. The molecule has 3 aliphatic carbocycles. The summed E-state index contributed by atoms with van der Waals surface area (Å²) in [4.78, 5) is 12.9. The van der Waals surface area contributed by atoms with Gasteiger partial charge in [0.15, 0.2) is 0 Å². The Labute approximate surface area is 242 Å². The van der Waals surface area contributed by atoms with E-state index in [1.165, 1.54) is 49.7 Å². The predicted molar refractivity (Wildman–Crippen MR) is 156 cm³/mol. The highest BCUT2D eigenvalue weighted by Gasteiger charge is 2.56. The molecule has 5 atom stereocenters. The zero-order valence-corrected chi connectivity index (χ0v) is 25.2. The van der Waals surface area contributed by atoms with E-state index in [-0.39, 0.29) is 11.8 Å². The molecule has 0 spiro atoms. The van der Waals surface area contributed by atoms with Crippen LogP contribution >= 0.6 is 11.8 Å². The van der Waals surface area contributed by atoms with Gasteiger partial charge in [-0.05, 0) is 103 Å². The molecule has 0 amide bonds. The first-order chi connectivity index (χ1) is 18.9. The van der Waals surface area contributed by atoms with Crippen LogP contribution in [0.25, 0.3) is 0 Å². The third kappa shape index (κ3) is 7.21. The topological polar surface area (TPSA) is 37.3 Å². The van der Waals surface area contributed by atoms with Gasteiger partial charge in [0.2, 0.25) is 0 Å². The van der Waals surface area contributed by atoms with Gasteiger partial charge in [-0.3, -0.25) is 4.79 Å². The number of fused-ring (bicyclic) bond motifs is 5. The molecule has 2 fully saturated rings. The maximum Gasteiger partial charge on any atom is 0.309 e. The molecular formula is C33H48F4O2S. The Morgan fingerprint density at radius 3 is 2.38 bits per heavy atom. The molecule has 5 unspecified atom stereocenters. The van der Waals surface area contributed by atoms with E-state index in [0.29, 0.717) is 47.9 Å². The number of hydrogen-bond donors (Lipinski definition) is 1. The van der Waals surface area contributed by atoms with Crippen LogP contribution in [0.1, 0.15) is 121 Å². The van der Waals surface area contributed by atoms with Crippen LogP contribution < -0.4 is 0 Å².